The molecule has 1 N–H and O–H groups in total. The van der Waals surface area contributed by atoms with Crippen LogP contribution >= 0.6 is 0 Å². The number of rotatable bonds is 3. The molecule has 0 aromatic heterocycles. The fraction of sp³-hybridized carbons (Fsp3) is 1.00. The Bertz CT molecular complexity index is 211. The lowest BCUT2D eigenvalue weighted by Gasteiger charge is -2.41. The van der Waals surface area contributed by atoms with Gasteiger partial charge in [0.2, 0.25) is 0 Å². The number of nitrogens with zero attached hydrogens (tertiary/aromatic N) is 1. The maximum absolute atomic E-state index is 3.72. The molecule has 0 aliphatic carbocycles. The molecule has 0 atom stereocenters. The lowest BCUT2D eigenvalue weighted by molar-refractivity contribution is 0.0957. The highest BCUT2D eigenvalue weighted by molar-refractivity contribution is 4.84. The van der Waals surface area contributed by atoms with Crippen LogP contribution in [0.25, 0.3) is 0 Å². The van der Waals surface area contributed by atoms with Crippen molar-refractivity contribution < 1.29 is 0 Å². The molecular weight excluding hydrogens is 208 g/mol. The van der Waals surface area contributed by atoms with Gasteiger partial charge in [0.1, 0.15) is 0 Å². The Balaban J connectivity index is 2.20. The summed E-state index contributed by atoms with van der Waals surface area (Å²) in [5.74, 6) is 0. The van der Waals surface area contributed by atoms with Gasteiger partial charge in [-0.25, -0.2) is 0 Å². The van der Waals surface area contributed by atoms with E-state index in [1.54, 1.807) is 0 Å². The molecule has 0 radical (unpaired) electrons. The smallest absolute Gasteiger partial charge is 0.0125 e. The first-order valence-electron chi connectivity index (χ1n) is 7.17. The highest BCUT2D eigenvalue weighted by Crippen LogP contribution is 2.21. The average Bonchev–Trinajstić information content (AvgIpc) is 2.15. The van der Waals surface area contributed by atoms with Crippen molar-refractivity contribution in [2.24, 2.45) is 5.41 Å². The van der Waals surface area contributed by atoms with Gasteiger partial charge in [-0.3, -0.25) is 4.90 Å². The number of hydrogen-bond donors (Lipinski definition) is 1. The summed E-state index contributed by atoms with van der Waals surface area (Å²) in [5, 5.41) is 3.72. The minimum atomic E-state index is 0.344. The Morgan fingerprint density at radius 3 is 1.94 bits per heavy atom. The van der Waals surface area contributed by atoms with E-state index in [4.69, 9.17) is 0 Å². The van der Waals surface area contributed by atoms with Gasteiger partial charge in [-0.2, -0.15) is 0 Å². The van der Waals surface area contributed by atoms with Crippen LogP contribution in [0.4, 0.5) is 0 Å². The molecule has 1 saturated heterocycles. The van der Waals surface area contributed by atoms with E-state index in [1.165, 1.54) is 38.9 Å². The topological polar surface area (TPSA) is 15.3 Å². The summed E-state index contributed by atoms with van der Waals surface area (Å²) in [6.45, 7) is 17.6. The van der Waals surface area contributed by atoms with Crippen LogP contribution in [0.3, 0.4) is 0 Å². The molecule has 1 rings (SSSR count). The zero-order chi connectivity index (χ0) is 13.1. The molecule has 2 heteroatoms. The molecule has 1 aliphatic rings. The summed E-state index contributed by atoms with van der Waals surface area (Å²) in [7, 11) is 0. The first kappa shape index (κ1) is 15.0. The Labute approximate surface area is 108 Å². The quantitative estimate of drug-likeness (QED) is 0.814. The molecular formula is C15H32N2. The molecule has 17 heavy (non-hydrogen) atoms. The summed E-state index contributed by atoms with van der Waals surface area (Å²) in [6, 6.07) is 0.746. The molecule has 1 heterocycles. The molecule has 1 aliphatic heterocycles. The first-order valence-corrected chi connectivity index (χ1v) is 7.17. The second kappa shape index (κ2) is 5.71. The number of piperidine rings is 1. The summed E-state index contributed by atoms with van der Waals surface area (Å²) in [5.41, 5.74) is 0.801. The van der Waals surface area contributed by atoms with E-state index in [1.807, 2.05) is 0 Å². The van der Waals surface area contributed by atoms with Crippen molar-refractivity contribution in [3.63, 3.8) is 0 Å². The number of likely N-dealkylation sites (tertiary alicyclic amines) is 1. The van der Waals surface area contributed by atoms with Gasteiger partial charge in [0.25, 0.3) is 0 Å². The Kier molecular flexibility index (Phi) is 5.03. The number of hydrogen-bond acceptors (Lipinski definition) is 2. The van der Waals surface area contributed by atoms with Gasteiger partial charge < -0.3 is 5.32 Å². The second-order valence-electron chi connectivity index (χ2n) is 7.70. The van der Waals surface area contributed by atoms with Crippen molar-refractivity contribution >= 4 is 0 Å². The maximum Gasteiger partial charge on any atom is 0.0125 e. The molecule has 0 bridgehead atoms. The highest BCUT2D eigenvalue weighted by Gasteiger charge is 2.26. The minimum absolute atomic E-state index is 0.344. The maximum atomic E-state index is 3.72. The van der Waals surface area contributed by atoms with Gasteiger partial charge in [-0.1, -0.05) is 20.8 Å². The Morgan fingerprint density at radius 2 is 1.53 bits per heavy atom. The van der Waals surface area contributed by atoms with Crippen LogP contribution < -0.4 is 5.32 Å². The molecule has 1 fully saturated rings. The first-order chi connectivity index (χ1) is 7.68. The summed E-state index contributed by atoms with van der Waals surface area (Å²) >= 11 is 0. The predicted molar refractivity (Wildman–Crippen MR) is 76.4 cm³/mol. The normalized spacial score (nSPS) is 20.8. The molecule has 0 unspecified atom stereocenters. The molecule has 102 valence electrons. The van der Waals surface area contributed by atoms with Gasteiger partial charge in [0, 0.05) is 24.7 Å². The van der Waals surface area contributed by atoms with Crippen molar-refractivity contribution in [1.29, 1.82) is 0 Å². The van der Waals surface area contributed by atoms with Gasteiger partial charge in [-0.15, -0.1) is 0 Å². The van der Waals surface area contributed by atoms with E-state index in [0.717, 1.165) is 6.04 Å². The van der Waals surface area contributed by atoms with E-state index in [0.29, 0.717) is 11.0 Å². The SMILES string of the molecule is CC(C)(C)CCNC1CCN(C(C)(C)C)CC1. The van der Waals surface area contributed by atoms with Gasteiger partial charge in [0.05, 0.1) is 0 Å². The lowest BCUT2D eigenvalue weighted by Crippen LogP contribution is -2.50. The summed E-state index contributed by atoms with van der Waals surface area (Å²) < 4.78 is 0. The monoisotopic (exact) mass is 240 g/mol. The Morgan fingerprint density at radius 1 is 1.00 bits per heavy atom. The summed E-state index contributed by atoms with van der Waals surface area (Å²) in [4.78, 5) is 2.61. The van der Waals surface area contributed by atoms with Crippen molar-refractivity contribution in [2.75, 3.05) is 19.6 Å². The molecule has 0 aromatic carbocycles. The molecule has 2 nitrogen and oxygen atoms in total. The van der Waals surface area contributed by atoms with E-state index in [-0.39, 0.29) is 0 Å². The van der Waals surface area contributed by atoms with Crippen molar-refractivity contribution in [3.8, 4) is 0 Å². The summed E-state index contributed by atoms with van der Waals surface area (Å²) in [6.07, 6.45) is 3.88. The van der Waals surface area contributed by atoms with Crippen LogP contribution in [0, 0.1) is 5.41 Å². The largest absolute Gasteiger partial charge is 0.314 e. The lowest BCUT2D eigenvalue weighted by atomic mass is 9.92. The molecule has 0 amide bonds. The van der Waals surface area contributed by atoms with E-state index < -0.39 is 0 Å². The standard InChI is InChI=1S/C15H32N2/c1-14(2,3)9-10-16-13-7-11-17(12-8-13)15(4,5)6/h13,16H,7-12H2,1-6H3. The van der Waals surface area contributed by atoms with Crippen molar-refractivity contribution in [2.45, 2.75) is 72.4 Å². The minimum Gasteiger partial charge on any atom is -0.314 e. The van der Waals surface area contributed by atoms with E-state index in [2.05, 4.69) is 51.8 Å². The zero-order valence-corrected chi connectivity index (χ0v) is 12.8. The highest BCUT2D eigenvalue weighted by atomic mass is 15.2. The third-order valence-corrected chi connectivity index (χ3v) is 3.75. The van der Waals surface area contributed by atoms with Crippen LogP contribution in [0.2, 0.25) is 0 Å². The fourth-order valence-electron chi connectivity index (χ4n) is 2.41. The van der Waals surface area contributed by atoms with Crippen molar-refractivity contribution in [1.82, 2.24) is 10.2 Å². The molecule has 0 spiro atoms. The third kappa shape index (κ3) is 5.87. The van der Waals surface area contributed by atoms with Crippen LogP contribution in [0.15, 0.2) is 0 Å². The predicted octanol–water partition coefficient (Wildman–Crippen LogP) is 3.28. The van der Waals surface area contributed by atoms with Gasteiger partial charge in [0.15, 0.2) is 0 Å². The third-order valence-electron chi connectivity index (χ3n) is 3.75. The fourth-order valence-corrected chi connectivity index (χ4v) is 2.41. The van der Waals surface area contributed by atoms with E-state index in [9.17, 15) is 0 Å². The average molecular weight is 240 g/mol. The Hall–Kier alpha value is -0.0800. The molecule has 0 aromatic rings. The van der Waals surface area contributed by atoms with Crippen LogP contribution in [0.5, 0.6) is 0 Å². The zero-order valence-electron chi connectivity index (χ0n) is 12.8. The van der Waals surface area contributed by atoms with Crippen molar-refractivity contribution in [3.05, 3.63) is 0 Å². The van der Waals surface area contributed by atoms with Gasteiger partial charge >= 0.3 is 0 Å². The molecule has 0 saturated carbocycles. The van der Waals surface area contributed by atoms with Crippen LogP contribution in [0.1, 0.15) is 60.8 Å². The van der Waals surface area contributed by atoms with Crippen LogP contribution in [-0.2, 0) is 0 Å². The van der Waals surface area contributed by atoms with E-state index >= 15 is 0 Å². The van der Waals surface area contributed by atoms with Gasteiger partial charge in [-0.05, 0) is 52.0 Å². The van der Waals surface area contributed by atoms with Crippen LogP contribution in [-0.4, -0.2) is 36.1 Å². The number of nitrogens with one attached hydrogen (secondary N) is 1. The second-order valence-corrected chi connectivity index (χ2v) is 7.70.